The molecule has 2 heterocycles. The Morgan fingerprint density at radius 3 is 1.93 bits per heavy atom. The monoisotopic (exact) mass is 430 g/mol. The van der Waals surface area contributed by atoms with E-state index in [-0.39, 0.29) is 17.5 Å². The maximum atomic E-state index is 10.8. The minimum Gasteiger partial charge on any atom is -0.288 e. The van der Waals surface area contributed by atoms with E-state index in [1.54, 1.807) is 6.92 Å². The lowest BCUT2D eigenvalue weighted by molar-refractivity contribution is -0.109. The van der Waals surface area contributed by atoms with Crippen molar-refractivity contribution in [2.75, 3.05) is 0 Å². The van der Waals surface area contributed by atoms with Gasteiger partial charge in [0.25, 0.3) is 0 Å². The fourth-order valence-corrected chi connectivity index (χ4v) is 3.24. The first kappa shape index (κ1) is 22.2. The summed E-state index contributed by atoms with van der Waals surface area (Å²) in [6, 6.07) is 20.1. The van der Waals surface area contributed by atoms with Crippen LogP contribution in [0.1, 0.15) is 18.1 Å². The van der Waals surface area contributed by atoms with E-state index in [0.717, 1.165) is 32.9 Å². The van der Waals surface area contributed by atoms with Gasteiger partial charge in [0, 0.05) is 41.7 Å². The Labute approximate surface area is 179 Å². The number of hydrogen-bond donors (Lipinski definition) is 0. The highest BCUT2D eigenvalue weighted by Crippen LogP contribution is 2.17. The normalized spacial score (nSPS) is 10.1. The van der Waals surface area contributed by atoms with Crippen molar-refractivity contribution in [2.45, 2.75) is 18.6 Å². The molecule has 0 aliphatic carbocycles. The van der Waals surface area contributed by atoms with Crippen LogP contribution in [0.2, 0.25) is 0 Å². The molecule has 0 radical (unpaired) electrons. The molecule has 0 bridgehead atoms. The average molecular weight is 431 g/mol. The van der Waals surface area contributed by atoms with E-state index in [1.807, 2.05) is 60.9 Å². The van der Waals surface area contributed by atoms with Gasteiger partial charge in [-0.2, -0.15) is 0 Å². The predicted octanol–water partition coefficient (Wildman–Crippen LogP) is 6.41. The SMILES string of the molecule is CC(=O)SCc1cnc2ccccc2c1.Cl.ClCc1cnc2ccccc2c1. The summed E-state index contributed by atoms with van der Waals surface area (Å²) in [7, 11) is 0. The highest BCUT2D eigenvalue weighted by molar-refractivity contribution is 8.12. The van der Waals surface area contributed by atoms with Crippen molar-refractivity contribution in [3.8, 4) is 0 Å². The van der Waals surface area contributed by atoms with Crippen molar-refractivity contribution < 1.29 is 4.79 Å². The summed E-state index contributed by atoms with van der Waals surface area (Å²) in [5.74, 6) is 1.23. The van der Waals surface area contributed by atoms with E-state index < -0.39 is 0 Å². The molecule has 0 unspecified atom stereocenters. The lowest BCUT2D eigenvalue weighted by atomic mass is 10.2. The van der Waals surface area contributed by atoms with Crippen LogP contribution >= 0.6 is 35.8 Å². The van der Waals surface area contributed by atoms with E-state index in [4.69, 9.17) is 11.6 Å². The van der Waals surface area contributed by atoms with Crippen LogP contribution in [-0.4, -0.2) is 15.1 Å². The molecule has 2 aromatic carbocycles. The number of aromatic nitrogens is 2. The average Bonchev–Trinajstić information content (AvgIpc) is 2.72. The number of fused-ring (bicyclic) bond motifs is 2. The van der Waals surface area contributed by atoms with Crippen molar-refractivity contribution in [3.05, 3.63) is 84.2 Å². The second-order valence-corrected chi connectivity index (χ2v) is 7.41. The number of nitrogens with zero attached hydrogens (tertiary/aromatic N) is 2. The molecule has 144 valence electrons. The van der Waals surface area contributed by atoms with Gasteiger partial charge in [-0.15, -0.1) is 24.0 Å². The molecule has 0 saturated heterocycles. The molecule has 2 aromatic heterocycles. The number of hydrogen-bond acceptors (Lipinski definition) is 4. The van der Waals surface area contributed by atoms with Crippen molar-refractivity contribution in [2.24, 2.45) is 0 Å². The number of rotatable bonds is 3. The molecule has 4 aromatic rings. The van der Waals surface area contributed by atoms with Gasteiger partial charge < -0.3 is 0 Å². The van der Waals surface area contributed by atoms with Gasteiger partial charge in [-0.1, -0.05) is 48.2 Å². The predicted molar refractivity (Wildman–Crippen MR) is 122 cm³/mol. The lowest BCUT2D eigenvalue weighted by Gasteiger charge is -2.01. The van der Waals surface area contributed by atoms with Gasteiger partial charge in [0.1, 0.15) is 0 Å². The second kappa shape index (κ2) is 11.0. The number of halogens is 2. The summed E-state index contributed by atoms with van der Waals surface area (Å²) < 4.78 is 0. The molecule has 28 heavy (non-hydrogen) atoms. The van der Waals surface area contributed by atoms with Gasteiger partial charge in [0.2, 0.25) is 0 Å². The highest BCUT2D eigenvalue weighted by Gasteiger charge is 1.99. The van der Waals surface area contributed by atoms with Crippen LogP contribution in [0.4, 0.5) is 0 Å². The van der Waals surface area contributed by atoms with Crippen LogP contribution in [0.25, 0.3) is 21.8 Å². The number of carbonyl (C=O) groups is 1. The Kier molecular flexibility index (Phi) is 8.71. The second-order valence-electron chi connectivity index (χ2n) is 5.99. The van der Waals surface area contributed by atoms with Gasteiger partial charge in [-0.05, 0) is 35.4 Å². The fourth-order valence-electron chi connectivity index (χ4n) is 2.57. The number of benzene rings is 2. The first-order valence-electron chi connectivity index (χ1n) is 8.52. The summed E-state index contributed by atoms with van der Waals surface area (Å²) >= 11 is 7.00. The molecular formula is C22H20Cl2N2OS. The highest BCUT2D eigenvalue weighted by atomic mass is 35.5. The topological polar surface area (TPSA) is 42.9 Å². The third kappa shape index (κ3) is 6.20. The maximum absolute atomic E-state index is 10.8. The van der Waals surface area contributed by atoms with Crippen LogP contribution in [0.3, 0.4) is 0 Å². The Balaban J connectivity index is 0.000000198. The molecule has 4 rings (SSSR count). The molecule has 0 spiro atoms. The molecule has 3 nitrogen and oxygen atoms in total. The first-order valence-corrected chi connectivity index (χ1v) is 10.0. The Morgan fingerprint density at radius 1 is 0.893 bits per heavy atom. The molecule has 0 atom stereocenters. The number of carbonyl (C=O) groups excluding carboxylic acids is 1. The Bertz CT molecular complexity index is 1070. The van der Waals surface area contributed by atoms with E-state index in [2.05, 4.69) is 22.1 Å². The summed E-state index contributed by atoms with van der Waals surface area (Å²) in [6.45, 7) is 1.58. The Morgan fingerprint density at radius 2 is 1.39 bits per heavy atom. The van der Waals surface area contributed by atoms with Gasteiger partial charge >= 0.3 is 0 Å². The van der Waals surface area contributed by atoms with E-state index in [1.165, 1.54) is 11.8 Å². The van der Waals surface area contributed by atoms with E-state index in [0.29, 0.717) is 11.6 Å². The van der Waals surface area contributed by atoms with Gasteiger partial charge in [-0.25, -0.2) is 0 Å². The van der Waals surface area contributed by atoms with Crippen LogP contribution in [0, 0.1) is 0 Å². The minimum atomic E-state index is 0. The van der Waals surface area contributed by atoms with Crippen LogP contribution in [0.15, 0.2) is 73.1 Å². The quantitative estimate of drug-likeness (QED) is 0.352. The summed E-state index contributed by atoms with van der Waals surface area (Å²) in [5.41, 5.74) is 4.17. The van der Waals surface area contributed by atoms with Crippen molar-refractivity contribution in [1.82, 2.24) is 9.97 Å². The molecule has 0 amide bonds. The standard InChI is InChI=1S/C12H11NOS.C10H8ClN.ClH/c1-9(14)15-8-10-6-11-4-2-3-5-12(11)13-7-10;11-6-8-5-9-3-1-2-4-10(9)12-7-8;/h2-7H,8H2,1H3;1-5,7H,6H2;1H. The third-order valence-electron chi connectivity index (χ3n) is 3.89. The molecule has 6 heteroatoms. The number of para-hydroxylation sites is 2. The van der Waals surface area contributed by atoms with Gasteiger partial charge in [-0.3, -0.25) is 14.8 Å². The minimum absolute atomic E-state index is 0. The fraction of sp³-hybridized carbons (Fsp3) is 0.136. The van der Waals surface area contributed by atoms with Crippen LogP contribution < -0.4 is 0 Å². The molecule has 0 aliphatic rings. The van der Waals surface area contributed by atoms with Crippen molar-refractivity contribution in [3.63, 3.8) is 0 Å². The van der Waals surface area contributed by atoms with Gasteiger partial charge in [0.05, 0.1) is 11.0 Å². The number of thioether (sulfide) groups is 1. The van der Waals surface area contributed by atoms with E-state index >= 15 is 0 Å². The molecule has 0 N–H and O–H groups in total. The summed E-state index contributed by atoms with van der Waals surface area (Å²) in [5, 5.41) is 2.41. The third-order valence-corrected chi connectivity index (χ3v) is 5.08. The zero-order chi connectivity index (χ0) is 19.1. The molecular weight excluding hydrogens is 411 g/mol. The van der Waals surface area contributed by atoms with Crippen molar-refractivity contribution >= 4 is 62.7 Å². The first-order chi connectivity index (χ1) is 13.2. The molecule has 0 aliphatic heterocycles. The smallest absolute Gasteiger partial charge is 0.186 e. The number of alkyl halides is 1. The summed E-state index contributed by atoms with van der Waals surface area (Å²) in [6.07, 6.45) is 3.65. The Hall–Kier alpha value is -2.14. The van der Waals surface area contributed by atoms with E-state index in [9.17, 15) is 4.79 Å². The maximum Gasteiger partial charge on any atom is 0.186 e. The zero-order valence-corrected chi connectivity index (χ0v) is 17.7. The van der Waals surface area contributed by atoms with Crippen molar-refractivity contribution in [1.29, 1.82) is 0 Å². The zero-order valence-electron chi connectivity index (χ0n) is 15.3. The van der Waals surface area contributed by atoms with Crippen LogP contribution in [0.5, 0.6) is 0 Å². The molecule has 0 saturated carbocycles. The number of pyridine rings is 2. The summed E-state index contributed by atoms with van der Waals surface area (Å²) in [4.78, 5) is 19.4. The van der Waals surface area contributed by atoms with Gasteiger partial charge in [0.15, 0.2) is 5.12 Å². The lowest BCUT2D eigenvalue weighted by Crippen LogP contribution is -1.87. The largest absolute Gasteiger partial charge is 0.288 e. The molecule has 0 fully saturated rings. The van der Waals surface area contributed by atoms with Crippen LogP contribution in [-0.2, 0) is 16.4 Å².